The van der Waals surface area contributed by atoms with Gasteiger partial charge < -0.3 is 5.73 Å². The average Bonchev–Trinajstić information content (AvgIpc) is 3.04. The third-order valence-corrected chi connectivity index (χ3v) is 5.58. The molecule has 6 nitrogen and oxygen atoms in total. The summed E-state index contributed by atoms with van der Waals surface area (Å²) in [6.45, 7) is 6.40. The average molecular weight is 328 g/mol. The molecule has 0 aliphatic carbocycles. The second-order valence-corrected chi connectivity index (χ2v) is 7.75. The molecule has 0 amide bonds. The van der Waals surface area contributed by atoms with E-state index < -0.39 is 10.0 Å². The van der Waals surface area contributed by atoms with Gasteiger partial charge in [0.15, 0.2) is 5.82 Å². The van der Waals surface area contributed by atoms with E-state index in [2.05, 4.69) is 9.82 Å². The van der Waals surface area contributed by atoms with Crippen LogP contribution in [0.15, 0.2) is 28.6 Å². The molecule has 0 aliphatic rings. The standard InChI is InChI=1S/C13H20N4O2S2/c1-4-17-8-11(13(14)15-17)21(18,19)16-12(9(2)3)10-6-5-7-20-10/h5-9,12,16H,4H2,1-3H3,(H2,14,15). The number of sulfonamides is 1. The summed E-state index contributed by atoms with van der Waals surface area (Å²) < 4.78 is 29.4. The van der Waals surface area contributed by atoms with E-state index in [4.69, 9.17) is 5.73 Å². The van der Waals surface area contributed by atoms with Gasteiger partial charge in [-0.15, -0.1) is 11.3 Å². The van der Waals surface area contributed by atoms with Gasteiger partial charge in [0.05, 0.1) is 6.04 Å². The number of nitrogens with one attached hydrogen (secondary N) is 1. The summed E-state index contributed by atoms with van der Waals surface area (Å²) in [7, 11) is -3.70. The molecule has 0 radical (unpaired) electrons. The van der Waals surface area contributed by atoms with E-state index in [-0.39, 0.29) is 22.7 Å². The predicted octanol–water partition coefficient (Wildman–Crippen LogP) is 2.22. The first-order valence-electron chi connectivity index (χ1n) is 6.73. The van der Waals surface area contributed by atoms with Gasteiger partial charge >= 0.3 is 0 Å². The van der Waals surface area contributed by atoms with Crippen molar-refractivity contribution in [3.05, 3.63) is 28.6 Å². The molecule has 0 saturated heterocycles. The van der Waals surface area contributed by atoms with Crippen LogP contribution in [0, 0.1) is 5.92 Å². The molecule has 21 heavy (non-hydrogen) atoms. The van der Waals surface area contributed by atoms with Gasteiger partial charge in [0, 0.05) is 17.6 Å². The Kier molecular flexibility index (Phi) is 4.70. The molecule has 3 N–H and O–H groups in total. The summed E-state index contributed by atoms with van der Waals surface area (Å²) in [5.74, 6) is 0.152. The fourth-order valence-corrected chi connectivity index (χ4v) is 4.47. The van der Waals surface area contributed by atoms with Gasteiger partial charge in [0.25, 0.3) is 0 Å². The summed E-state index contributed by atoms with van der Waals surface area (Å²) >= 11 is 1.53. The van der Waals surface area contributed by atoms with Gasteiger partial charge in [-0.1, -0.05) is 19.9 Å². The van der Waals surface area contributed by atoms with Crippen molar-refractivity contribution in [1.82, 2.24) is 14.5 Å². The van der Waals surface area contributed by atoms with E-state index >= 15 is 0 Å². The summed E-state index contributed by atoms with van der Waals surface area (Å²) in [6.07, 6.45) is 1.46. The molecule has 0 aromatic carbocycles. The molecule has 116 valence electrons. The SMILES string of the molecule is CCn1cc(S(=O)(=O)NC(c2cccs2)C(C)C)c(N)n1. The molecule has 0 fully saturated rings. The smallest absolute Gasteiger partial charge is 0.246 e. The molecule has 0 saturated carbocycles. The van der Waals surface area contributed by atoms with Crippen LogP contribution >= 0.6 is 11.3 Å². The Morgan fingerprint density at radius 1 is 1.48 bits per heavy atom. The first-order chi connectivity index (χ1) is 9.85. The summed E-state index contributed by atoms with van der Waals surface area (Å²) in [6, 6.07) is 3.56. The van der Waals surface area contributed by atoms with Crippen LogP contribution < -0.4 is 10.5 Å². The Morgan fingerprint density at radius 3 is 2.67 bits per heavy atom. The first kappa shape index (κ1) is 16.0. The molecule has 8 heteroatoms. The summed E-state index contributed by atoms with van der Waals surface area (Å²) in [4.78, 5) is 1.02. The second-order valence-electron chi connectivity index (χ2n) is 5.09. The molecule has 0 aliphatic heterocycles. The molecule has 1 unspecified atom stereocenters. The van der Waals surface area contributed by atoms with E-state index in [9.17, 15) is 8.42 Å². The number of aromatic nitrogens is 2. The Balaban J connectivity index is 2.32. The fourth-order valence-electron chi connectivity index (χ4n) is 2.01. The van der Waals surface area contributed by atoms with Crippen LogP contribution in [0.25, 0.3) is 0 Å². The summed E-state index contributed by atoms with van der Waals surface area (Å²) in [5, 5.41) is 5.92. The Morgan fingerprint density at radius 2 is 2.19 bits per heavy atom. The third-order valence-electron chi connectivity index (χ3n) is 3.17. The van der Waals surface area contributed by atoms with Crippen LogP contribution in [-0.2, 0) is 16.6 Å². The monoisotopic (exact) mass is 328 g/mol. The second kappa shape index (κ2) is 6.17. The van der Waals surface area contributed by atoms with Gasteiger partial charge in [-0.05, 0) is 24.3 Å². The van der Waals surface area contributed by atoms with Crippen molar-refractivity contribution in [3.8, 4) is 0 Å². The highest BCUT2D eigenvalue weighted by molar-refractivity contribution is 7.89. The zero-order chi connectivity index (χ0) is 15.6. The maximum atomic E-state index is 12.6. The Hall–Kier alpha value is -1.38. The zero-order valence-corrected chi connectivity index (χ0v) is 13.9. The lowest BCUT2D eigenvalue weighted by Crippen LogP contribution is -2.31. The van der Waals surface area contributed by atoms with Gasteiger partial charge in [-0.2, -0.15) is 5.10 Å². The number of hydrogen-bond acceptors (Lipinski definition) is 5. The quantitative estimate of drug-likeness (QED) is 0.851. The molecule has 2 rings (SSSR count). The lowest BCUT2D eigenvalue weighted by Gasteiger charge is -2.20. The highest BCUT2D eigenvalue weighted by atomic mass is 32.2. The van der Waals surface area contributed by atoms with Crippen molar-refractivity contribution in [2.24, 2.45) is 5.92 Å². The number of thiophene rings is 1. The summed E-state index contributed by atoms with van der Waals surface area (Å²) in [5.41, 5.74) is 5.73. The molecule has 2 aromatic rings. The Labute approximate surface area is 129 Å². The first-order valence-corrected chi connectivity index (χ1v) is 9.10. The number of nitrogen functional groups attached to an aromatic ring is 1. The topological polar surface area (TPSA) is 90.0 Å². The zero-order valence-electron chi connectivity index (χ0n) is 12.3. The van der Waals surface area contributed by atoms with Crippen LogP contribution in [0.5, 0.6) is 0 Å². The molecular formula is C13H20N4O2S2. The molecule has 0 spiro atoms. The van der Waals surface area contributed by atoms with Crippen molar-refractivity contribution < 1.29 is 8.42 Å². The van der Waals surface area contributed by atoms with Crippen molar-refractivity contribution in [2.45, 2.75) is 38.3 Å². The lowest BCUT2D eigenvalue weighted by atomic mass is 10.0. The predicted molar refractivity (Wildman–Crippen MR) is 84.5 cm³/mol. The highest BCUT2D eigenvalue weighted by Crippen LogP contribution is 2.28. The van der Waals surface area contributed by atoms with E-state index in [1.165, 1.54) is 22.2 Å². The van der Waals surface area contributed by atoms with E-state index in [0.29, 0.717) is 6.54 Å². The van der Waals surface area contributed by atoms with Gasteiger partial charge in [-0.25, -0.2) is 13.1 Å². The van der Waals surface area contributed by atoms with E-state index in [1.807, 2.05) is 38.3 Å². The van der Waals surface area contributed by atoms with Gasteiger partial charge in [-0.3, -0.25) is 4.68 Å². The van der Waals surface area contributed by atoms with Crippen LogP contribution in [0.3, 0.4) is 0 Å². The molecule has 0 bridgehead atoms. The van der Waals surface area contributed by atoms with E-state index in [0.717, 1.165) is 4.88 Å². The van der Waals surface area contributed by atoms with Crippen molar-refractivity contribution in [1.29, 1.82) is 0 Å². The minimum atomic E-state index is -3.70. The van der Waals surface area contributed by atoms with Gasteiger partial charge in [0.2, 0.25) is 10.0 Å². The largest absolute Gasteiger partial charge is 0.381 e. The van der Waals surface area contributed by atoms with Crippen LogP contribution in [0.4, 0.5) is 5.82 Å². The van der Waals surface area contributed by atoms with Crippen LogP contribution in [-0.4, -0.2) is 18.2 Å². The maximum Gasteiger partial charge on any atom is 0.246 e. The number of anilines is 1. The van der Waals surface area contributed by atoms with Crippen LogP contribution in [0.2, 0.25) is 0 Å². The lowest BCUT2D eigenvalue weighted by molar-refractivity contribution is 0.469. The minimum Gasteiger partial charge on any atom is -0.381 e. The fraction of sp³-hybridized carbons (Fsp3) is 0.462. The number of hydrogen-bond donors (Lipinski definition) is 2. The molecule has 1 atom stereocenters. The van der Waals surface area contributed by atoms with E-state index in [1.54, 1.807) is 0 Å². The van der Waals surface area contributed by atoms with Crippen molar-refractivity contribution in [2.75, 3.05) is 5.73 Å². The van der Waals surface area contributed by atoms with Crippen molar-refractivity contribution >= 4 is 27.2 Å². The van der Waals surface area contributed by atoms with Crippen LogP contribution in [0.1, 0.15) is 31.7 Å². The third kappa shape index (κ3) is 3.45. The highest BCUT2D eigenvalue weighted by Gasteiger charge is 2.27. The number of nitrogens with two attached hydrogens (primary N) is 1. The molecule has 2 heterocycles. The number of nitrogens with zero attached hydrogens (tertiary/aromatic N) is 2. The number of rotatable bonds is 6. The Bertz CT molecular complexity index is 690. The minimum absolute atomic E-state index is 0.0260. The number of aryl methyl sites for hydroxylation is 1. The van der Waals surface area contributed by atoms with Gasteiger partial charge in [0.1, 0.15) is 4.90 Å². The molecule has 2 aromatic heterocycles. The maximum absolute atomic E-state index is 12.6. The van der Waals surface area contributed by atoms with Crippen molar-refractivity contribution in [3.63, 3.8) is 0 Å². The molecular weight excluding hydrogens is 308 g/mol. The normalized spacial score (nSPS) is 13.7.